The van der Waals surface area contributed by atoms with E-state index in [0.717, 1.165) is 20.8 Å². The van der Waals surface area contributed by atoms with E-state index in [0.29, 0.717) is 12.6 Å². The fraction of sp³-hybridized carbons (Fsp3) is 0.750. The molecule has 0 aliphatic carbocycles. The molecule has 4 N–H and O–H groups in total. The van der Waals surface area contributed by atoms with Crippen molar-refractivity contribution >= 4 is 37.8 Å². The van der Waals surface area contributed by atoms with Crippen molar-refractivity contribution in [1.82, 2.24) is 14.2 Å². The van der Waals surface area contributed by atoms with Crippen LogP contribution in [-0.4, -0.2) is 129 Å². The first-order valence-corrected chi connectivity index (χ1v) is 18.2. The number of aliphatic hydroxyl groups excluding tert-OH is 2. The minimum absolute atomic E-state index is 0.00998. The van der Waals surface area contributed by atoms with Gasteiger partial charge in [0.1, 0.15) is 24.6 Å². The summed E-state index contributed by atoms with van der Waals surface area (Å²) in [6.07, 6.45) is -6.62. The van der Waals surface area contributed by atoms with Crippen LogP contribution < -0.4 is 11.4 Å². The van der Waals surface area contributed by atoms with E-state index in [9.17, 15) is 34.2 Å². The fourth-order valence-corrected chi connectivity index (χ4v) is 9.96. The summed E-state index contributed by atoms with van der Waals surface area (Å²) in [6, 6.07) is 1.35. The van der Waals surface area contributed by atoms with E-state index in [1.807, 2.05) is 27.7 Å². The number of hydrogen-bond donors (Lipinski definition) is 3. The highest BCUT2D eigenvalue weighted by atomic mass is 31.1. The van der Waals surface area contributed by atoms with Gasteiger partial charge in [-0.3, -0.25) is 28.4 Å². The molecule has 2 fully saturated rings. The summed E-state index contributed by atoms with van der Waals surface area (Å²) in [7, 11) is -1.53. The van der Waals surface area contributed by atoms with E-state index in [1.165, 1.54) is 23.8 Å². The molecule has 19 heteroatoms. The van der Waals surface area contributed by atoms with E-state index in [4.69, 9.17) is 38.9 Å². The molecule has 1 aromatic rings. The SMILES string of the molecule is CC(=O)OC[C@H]1O[C@@H](OCCCP(N(C(C)C)C(C)C)[C@]2(n3ccc(N)nc3=O)C[C@H](O)[C@@H](CO)O2)[C@H](OC(C)=O)[C@@H](OC(C)=O)[C@@H]1OC(C)=O. The molecule has 0 spiro atoms. The van der Waals surface area contributed by atoms with E-state index >= 15 is 0 Å². The maximum Gasteiger partial charge on any atom is 0.352 e. The molecule has 0 aromatic carbocycles. The Hall–Kier alpha value is -3.25. The van der Waals surface area contributed by atoms with Crippen molar-refractivity contribution < 1.29 is 62.5 Å². The average molecular weight is 747 g/mol. The summed E-state index contributed by atoms with van der Waals surface area (Å²) >= 11 is 0. The summed E-state index contributed by atoms with van der Waals surface area (Å²) in [5.41, 5.74) is 3.70. The Morgan fingerprint density at radius 3 is 2.10 bits per heavy atom. The molecule has 0 amide bonds. The molecule has 18 nitrogen and oxygen atoms in total. The predicted octanol–water partition coefficient (Wildman–Crippen LogP) is 0.583. The van der Waals surface area contributed by atoms with Gasteiger partial charge in [0.25, 0.3) is 0 Å². The second-order valence-corrected chi connectivity index (χ2v) is 15.2. The van der Waals surface area contributed by atoms with E-state index in [2.05, 4.69) is 9.65 Å². The van der Waals surface area contributed by atoms with Gasteiger partial charge in [-0.1, -0.05) is 0 Å². The smallest absolute Gasteiger partial charge is 0.352 e. The van der Waals surface area contributed by atoms with Gasteiger partial charge in [0.15, 0.2) is 30.1 Å². The van der Waals surface area contributed by atoms with Crippen LogP contribution in [-0.2, 0) is 57.8 Å². The Kier molecular flexibility index (Phi) is 15.3. The molecule has 0 saturated carbocycles. The highest BCUT2D eigenvalue weighted by molar-refractivity contribution is 7.56. The monoisotopic (exact) mass is 746 g/mol. The van der Waals surface area contributed by atoms with Crippen LogP contribution in [0.4, 0.5) is 5.82 Å². The summed E-state index contributed by atoms with van der Waals surface area (Å²) in [5.74, 6) is -2.93. The molecule has 2 aliphatic rings. The molecule has 51 heavy (non-hydrogen) atoms. The van der Waals surface area contributed by atoms with Gasteiger partial charge in [-0.15, -0.1) is 0 Å². The van der Waals surface area contributed by atoms with Crippen molar-refractivity contribution in [3.8, 4) is 0 Å². The van der Waals surface area contributed by atoms with Crippen LogP contribution in [0.5, 0.6) is 0 Å². The third kappa shape index (κ3) is 10.7. The van der Waals surface area contributed by atoms with Gasteiger partial charge in [-0.05, 0) is 46.3 Å². The first-order chi connectivity index (χ1) is 23.9. The topological polar surface area (TPSA) is 237 Å². The number of aliphatic hydroxyl groups is 2. The first-order valence-electron chi connectivity index (χ1n) is 16.7. The van der Waals surface area contributed by atoms with Crippen LogP contribution in [0, 0.1) is 0 Å². The normalized spacial score (nSPS) is 28.5. The van der Waals surface area contributed by atoms with Gasteiger partial charge in [0, 0.05) is 60.5 Å². The van der Waals surface area contributed by atoms with Crippen LogP contribution in [0.15, 0.2) is 17.1 Å². The fourth-order valence-electron chi connectivity index (χ4n) is 6.42. The van der Waals surface area contributed by atoms with Gasteiger partial charge < -0.3 is 49.1 Å². The Morgan fingerprint density at radius 2 is 1.59 bits per heavy atom. The van der Waals surface area contributed by atoms with Crippen molar-refractivity contribution in [2.45, 2.75) is 129 Å². The van der Waals surface area contributed by atoms with Crippen LogP contribution in [0.1, 0.15) is 68.2 Å². The molecule has 0 radical (unpaired) electrons. The van der Waals surface area contributed by atoms with Crippen LogP contribution in [0.25, 0.3) is 0 Å². The Morgan fingerprint density at radius 1 is 1.00 bits per heavy atom. The minimum atomic E-state index is -1.53. The zero-order chi connectivity index (χ0) is 38.2. The number of nitrogen functional groups attached to an aromatic ring is 1. The largest absolute Gasteiger partial charge is 0.463 e. The highest BCUT2D eigenvalue weighted by Crippen LogP contribution is 2.63. The van der Waals surface area contributed by atoms with Gasteiger partial charge in [-0.25, -0.2) is 4.79 Å². The summed E-state index contributed by atoms with van der Waals surface area (Å²) in [4.78, 5) is 65.4. The van der Waals surface area contributed by atoms with E-state index in [1.54, 1.807) is 0 Å². The average Bonchev–Trinajstić information content (AvgIpc) is 3.35. The lowest BCUT2D eigenvalue weighted by Crippen LogP contribution is -2.63. The zero-order valence-corrected chi connectivity index (χ0v) is 31.1. The molecule has 3 heterocycles. The summed E-state index contributed by atoms with van der Waals surface area (Å²) in [6.45, 7) is 11.6. The Bertz CT molecular complexity index is 1420. The van der Waals surface area contributed by atoms with Crippen molar-refractivity contribution in [3.05, 3.63) is 22.7 Å². The van der Waals surface area contributed by atoms with Crippen LogP contribution in [0.3, 0.4) is 0 Å². The van der Waals surface area contributed by atoms with Gasteiger partial charge in [0.2, 0.25) is 0 Å². The number of esters is 4. The molecule has 288 valence electrons. The molecule has 2 aliphatic heterocycles. The summed E-state index contributed by atoms with van der Waals surface area (Å²) in [5, 5.41) is 21.1. The zero-order valence-electron chi connectivity index (χ0n) is 30.3. The van der Waals surface area contributed by atoms with E-state index < -0.39 is 99.2 Å². The standard InChI is InChI=1S/C32H51N4O14P/c1-17(2)36(18(3)4)51(32(14-23(42)24(15-37)50-32)35-11-10-26(33)34-31(35)43)13-9-12-44-30-29(48-22(8)41)28(47-21(7)40)27(46-20(6)39)25(49-30)16-45-19(5)38/h10-11,17-18,23-25,27-30,37,42H,9,12-16H2,1-8H3,(H2,33,34,43)/t23-,24+,25+,27+,28-,29+,30+,32-,51?/m0/s1. The lowest BCUT2D eigenvalue weighted by atomic mass is 9.98. The van der Waals surface area contributed by atoms with Gasteiger partial charge in [0.05, 0.1) is 19.3 Å². The molecule has 1 aromatic heterocycles. The van der Waals surface area contributed by atoms with Crippen molar-refractivity contribution in [1.29, 1.82) is 0 Å². The second-order valence-electron chi connectivity index (χ2n) is 12.8. The lowest BCUT2D eigenvalue weighted by molar-refractivity contribution is -0.308. The molecular formula is C32H51N4O14P. The number of hydrogen-bond acceptors (Lipinski definition) is 17. The quantitative estimate of drug-likeness (QED) is 0.0908. The summed E-state index contributed by atoms with van der Waals surface area (Å²) < 4.78 is 43.7. The Balaban J connectivity index is 1.99. The highest BCUT2D eigenvalue weighted by Gasteiger charge is 2.56. The predicted molar refractivity (Wildman–Crippen MR) is 180 cm³/mol. The molecule has 9 atom stereocenters. The Labute approximate surface area is 297 Å². The van der Waals surface area contributed by atoms with Crippen molar-refractivity contribution in [3.63, 3.8) is 0 Å². The maximum atomic E-state index is 13.3. The number of rotatable bonds is 16. The molecule has 3 rings (SSSR count). The molecular weight excluding hydrogens is 695 g/mol. The second kappa shape index (κ2) is 18.5. The number of aromatic nitrogens is 2. The molecule has 2 saturated heterocycles. The third-order valence-electron chi connectivity index (χ3n) is 8.11. The van der Waals surface area contributed by atoms with Crippen molar-refractivity contribution in [2.24, 2.45) is 0 Å². The van der Waals surface area contributed by atoms with E-state index in [-0.39, 0.29) is 30.9 Å². The maximum absolute atomic E-state index is 13.3. The van der Waals surface area contributed by atoms with Crippen LogP contribution >= 0.6 is 8.07 Å². The minimum Gasteiger partial charge on any atom is -0.463 e. The molecule has 1 unspecified atom stereocenters. The lowest BCUT2D eigenvalue weighted by Gasteiger charge is -2.48. The number of nitrogens with zero attached hydrogens (tertiary/aromatic N) is 3. The number of nitrogens with two attached hydrogens (primary N) is 1. The molecule has 0 bridgehead atoms. The van der Waals surface area contributed by atoms with Gasteiger partial charge in [-0.2, -0.15) is 4.98 Å². The van der Waals surface area contributed by atoms with Crippen LogP contribution in [0.2, 0.25) is 0 Å². The van der Waals surface area contributed by atoms with Crippen molar-refractivity contribution in [2.75, 3.05) is 31.7 Å². The number of carbonyl (C=O) groups excluding carboxylic acids is 4. The van der Waals surface area contributed by atoms with Gasteiger partial charge >= 0.3 is 29.6 Å². The first kappa shape index (κ1) is 42.2. The number of ether oxygens (including phenoxy) is 7. The number of anilines is 1. The third-order valence-corrected chi connectivity index (χ3v) is 11.6. The number of carbonyl (C=O) groups is 4.